The molecule has 2 aliphatic carbocycles. The maximum absolute atomic E-state index is 12.9. The maximum atomic E-state index is 12.9. The predicted octanol–water partition coefficient (Wildman–Crippen LogP) is 3.62. The van der Waals surface area contributed by atoms with Crippen molar-refractivity contribution in [3.63, 3.8) is 0 Å². The molecular weight excluding hydrogens is 414 g/mol. The first kappa shape index (κ1) is 21.7. The van der Waals surface area contributed by atoms with E-state index in [0.29, 0.717) is 33.4 Å². The van der Waals surface area contributed by atoms with Gasteiger partial charge in [-0.3, -0.25) is 4.79 Å². The third-order valence-electron chi connectivity index (χ3n) is 5.90. The number of nitrogens with one attached hydrogen (secondary N) is 1. The zero-order chi connectivity index (χ0) is 21.6. The first-order valence-corrected chi connectivity index (χ1v) is 11.6. The van der Waals surface area contributed by atoms with Crippen LogP contribution >= 0.6 is 11.6 Å². The number of sulfone groups is 1. The number of methoxy groups -OCH3 is 2. The quantitative estimate of drug-likeness (QED) is 0.732. The number of carbonyl (C=O) groups excluding carboxylic acids is 1. The Labute approximate surface area is 176 Å². The maximum Gasteiger partial charge on any atom is 0.255 e. The van der Waals surface area contributed by atoms with Crippen LogP contribution in [-0.2, 0) is 9.84 Å². The minimum atomic E-state index is -3.20. The summed E-state index contributed by atoms with van der Waals surface area (Å²) in [4.78, 5) is 13.3. The van der Waals surface area contributed by atoms with Gasteiger partial charge in [-0.15, -0.1) is 0 Å². The van der Waals surface area contributed by atoms with Gasteiger partial charge in [0.25, 0.3) is 5.91 Å². The van der Waals surface area contributed by atoms with Crippen LogP contribution in [0, 0.1) is 17.3 Å². The number of rotatable bonds is 6. The fourth-order valence-corrected chi connectivity index (χ4v) is 5.13. The molecule has 1 aromatic rings. The number of halogens is 1. The summed E-state index contributed by atoms with van der Waals surface area (Å²) in [6.07, 6.45) is 7.22. The van der Waals surface area contributed by atoms with Gasteiger partial charge in [0, 0.05) is 18.4 Å². The van der Waals surface area contributed by atoms with Crippen LogP contribution in [-0.4, -0.2) is 40.8 Å². The third kappa shape index (κ3) is 4.16. The number of benzene rings is 1. The van der Waals surface area contributed by atoms with E-state index in [0.717, 1.165) is 0 Å². The fourth-order valence-electron chi connectivity index (χ4n) is 4.17. The van der Waals surface area contributed by atoms with E-state index < -0.39 is 9.84 Å². The largest absolute Gasteiger partial charge is 0.496 e. The van der Waals surface area contributed by atoms with Gasteiger partial charge in [0.15, 0.2) is 9.84 Å². The molecule has 1 unspecified atom stereocenters. The van der Waals surface area contributed by atoms with Crippen molar-refractivity contribution >= 4 is 27.3 Å². The Morgan fingerprint density at radius 1 is 1.21 bits per heavy atom. The Hall–Kier alpha value is -1.99. The standard InChI is InChI=1S/C21H26ClNO5S/c1-21(2)18(12-6-8-13(9-7-12)29(5,25)26)19(21)23-20(24)14-10-15(22)17(28-4)11-16(14)27-3/h6,8-12,18-19H,7H2,1-5H3,(H,23,24)/t12?,18-,19-/m0/s1. The van der Waals surface area contributed by atoms with Crippen LogP contribution in [0.5, 0.6) is 11.5 Å². The number of hydrogen-bond donors (Lipinski definition) is 1. The summed E-state index contributed by atoms with van der Waals surface area (Å²) in [6.45, 7) is 4.20. The molecule has 3 atom stereocenters. The van der Waals surface area contributed by atoms with Gasteiger partial charge in [0.05, 0.1) is 29.7 Å². The van der Waals surface area contributed by atoms with Crippen molar-refractivity contribution in [2.75, 3.05) is 20.5 Å². The van der Waals surface area contributed by atoms with Crippen molar-refractivity contribution in [1.29, 1.82) is 0 Å². The second-order valence-electron chi connectivity index (χ2n) is 8.12. The molecule has 8 heteroatoms. The highest BCUT2D eigenvalue weighted by Gasteiger charge is 2.61. The average molecular weight is 440 g/mol. The highest BCUT2D eigenvalue weighted by atomic mass is 35.5. The molecule has 0 aliphatic heterocycles. The molecule has 1 amide bonds. The molecule has 0 bridgehead atoms. The van der Waals surface area contributed by atoms with Crippen LogP contribution in [0.2, 0.25) is 5.02 Å². The van der Waals surface area contributed by atoms with Crippen molar-refractivity contribution in [1.82, 2.24) is 5.32 Å². The van der Waals surface area contributed by atoms with Gasteiger partial charge in [0.1, 0.15) is 11.5 Å². The fraction of sp³-hybridized carbons (Fsp3) is 0.476. The summed E-state index contributed by atoms with van der Waals surface area (Å²) in [5, 5.41) is 3.43. The Morgan fingerprint density at radius 3 is 2.38 bits per heavy atom. The van der Waals surface area contributed by atoms with Gasteiger partial charge >= 0.3 is 0 Å². The number of allylic oxidation sites excluding steroid dienone is 3. The first-order valence-electron chi connectivity index (χ1n) is 9.31. The smallest absolute Gasteiger partial charge is 0.255 e. The molecule has 1 saturated carbocycles. The molecule has 0 aromatic heterocycles. The molecule has 2 aliphatic rings. The number of carbonyl (C=O) groups is 1. The van der Waals surface area contributed by atoms with Crippen molar-refractivity contribution in [3.8, 4) is 11.5 Å². The molecule has 1 aromatic carbocycles. The van der Waals surface area contributed by atoms with Gasteiger partial charge in [-0.1, -0.05) is 37.6 Å². The molecule has 0 heterocycles. The van der Waals surface area contributed by atoms with E-state index in [1.54, 1.807) is 24.3 Å². The molecule has 3 rings (SSSR count). The topological polar surface area (TPSA) is 81.7 Å². The Bertz CT molecular complexity index is 997. The van der Waals surface area contributed by atoms with E-state index in [1.165, 1.54) is 20.5 Å². The molecule has 29 heavy (non-hydrogen) atoms. The summed E-state index contributed by atoms with van der Waals surface area (Å²) in [5.41, 5.74) is 0.239. The second kappa shape index (κ2) is 7.69. The zero-order valence-electron chi connectivity index (χ0n) is 17.2. The molecule has 1 fully saturated rings. The monoisotopic (exact) mass is 439 g/mol. The van der Waals surface area contributed by atoms with Gasteiger partial charge in [-0.2, -0.15) is 0 Å². The van der Waals surface area contributed by atoms with E-state index in [1.807, 2.05) is 6.08 Å². The zero-order valence-corrected chi connectivity index (χ0v) is 18.7. The molecule has 0 radical (unpaired) electrons. The van der Waals surface area contributed by atoms with Crippen molar-refractivity contribution < 1.29 is 22.7 Å². The van der Waals surface area contributed by atoms with Crippen molar-refractivity contribution in [3.05, 3.63) is 45.9 Å². The lowest BCUT2D eigenvalue weighted by Gasteiger charge is -2.17. The van der Waals surface area contributed by atoms with Crippen molar-refractivity contribution in [2.24, 2.45) is 17.3 Å². The highest BCUT2D eigenvalue weighted by Crippen LogP contribution is 2.58. The normalized spacial score (nSPS) is 25.2. The molecule has 158 valence electrons. The predicted molar refractivity (Wildman–Crippen MR) is 113 cm³/mol. The van der Waals surface area contributed by atoms with Gasteiger partial charge in [-0.05, 0) is 35.8 Å². The van der Waals surface area contributed by atoms with E-state index in [-0.39, 0.29) is 29.2 Å². The second-order valence-corrected chi connectivity index (χ2v) is 10.5. The van der Waals surface area contributed by atoms with Crippen LogP contribution in [0.3, 0.4) is 0 Å². The van der Waals surface area contributed by atoms with E-state index >= 15 is 0 Å². The summed E-state index contributed by atoms with van der Waals surface area (Å²) in [7, 11) is -0.215. The number of hydrogen-bond acceptors (Lipinski definition) is 5. The minimum absolute atomic E-state index is 0.0385. The number of amides is 1. The van der Waals surface area contributed by atoms with Crippen LogP contribution < -0.4 is 14.8 Å². The lowest BCUT2D eigenvalue weighted by Crippen LogP contribution is -2.30. The summed E-state index contributed by atoms with van der Waals surface area (Å²) in [6, 6.07) is 3.10. The molecule has 0 saturated heterocycles. The van der Waals surface area contributed by atoms with Gasteiger partial charge < -0.3 is 14.8 Å². The highest BCUT2D eigenvalue weighted by molar-refractivity contribution is 7.94. The average Bonchev–Trinajstić information content (AvgIpc) is 3.20. The minimum Gasteiger partial charge on any atom is -0.496 e. The molecule has 6 nitrogen and oxygen atoms in total. The Kier molecular flexibility index (Phi) is 5.75. The van der Waals surface area contributed by atoms with Crippen molar-refractivity contribution in [2.45, 2.75) is 26.3 Å². The van der Waals surface area contributed by atoms with Gasteiger partial charge in [-0.25, -0.2) is 8.42 Å². The lowest BCUT2D eigenvalue weighted by molar-refractivity contribution is 0.0941. The summed E-state index contributed by atoms with van der Waals surface area (Å²) in [5.74, 6) is 0.934. The summed E-state index contributed by atoms with van der Waals surface area (Å²) < 4.78 is 33.9. The van der Waals surface area contributed by atoms with E-state index in [9.17, 15) is 13.2 Å². The van der Waals surface area contributed by atoms with Crippen LogP contribution in [0.4, 0.5) is 0 Å². The van der Waals surface area contributed by atoms with Gasteiger partial charge in [0.2, 0.25) is 0 Å². The SMILES string of the molecule is COc1cc(OC)c(C(=O)N[C@H]2[C@H](C3C=CC(S(C)(=O)=O)=CC3)C2(C)C)cc1Cl. The molecule has 0 spiro atoms. The third-order valence-corrected chi connectivity index (χ3v) is 7.36. The van der Waals surface area contributed by atoms with Crippen LogP contribution in [0.25, 0.3) is 0 Å². The van der Waals surface area contributed by atoms with Crippen LogP contribution in [0.15, 0.2) is 35.3 Å². The lowest BCUT2D eigenvalue weighted by atomic mass is 9.91. The Balaban J connectivity index is 1.75. The molecular formula is C21H26ClNO5S. The summed E-state index contributed by atoms with van der Waals surface area (Å²) >= 11 is 6.19. The van der Waals surface area contributed by atoms with E-state index in [2.05, 4.69) is 19.2 Å². The Morgan fingerprint density at radius 2 is 1.86 bits per heavy atom. The molecule has 1 N–H and O–H groups in total. The van der Waals surface area contributed by atoms with Crippen LogP contribution in [0.1, 0.15) is 30.6 Å². The number of ether oxygens (including phenoxy) is 2. The van der Waals surface area contributed by atoms with E-state index in [4.69, 9.17) is 21.1 Å². The first-order chi connectivity index (χ1) is 13.5.